The molecule has 3 nitrogen and oxygen atoms in total. The van der Waals surface area contributed by atoms with Crippen molar-refractivity contribution < 1.29 is 4.79 Å². The predicted octanol–water partition coefficient (Wildman–Crippen LogP) is 1.94. The van der Waals surface area contributed by atoms with Crippen LogP contribution in [0.3, 0.4) is 0 Å². The van der Waals surface area contributed by atoms with Gasteiger partial charge in [-0.05, 0) is 25.2 Å². The van der Waals surface area contributed by atoms with Crippen LogP contribution in [0.15, 0.2) is 0 Å². The number of hydrogen-bond acceptors (Lipinski definition) is 2. The second-order valence-corrected chi connectivity index (χ2v) is 5.36. The molecule has 1 saturated carbocycles. The zero-order valence-corrected chi connectivity index (χ0v) is 10.9. The zero-order valence-electron chi connectivity index (χ0n) is 10.1. The van der Waals surface area contributed by atoms with Crippen LogP contribution in [0.5, 0.6) is 0 Å². The number of halogens is 1. The van der Waals surface area contributed by atoms with Gasteiger partial charge in [-0.25, -0.2) is 0 Å². The van der Waals surface area contributed by atoms with Gasteiger partial charge >= 0.3 is 0 Å². The quantitative estimate of drug-likeness (QED) is 0.769. The van der Waals surface area contributed by atoms with Crippen molar-refractivity contribution in [3.8, 4) is 0 Å². The summed E-state index contributed by atoms with van der Waals surface area (Å²) in [5.74, 6) is 0.868. The van der Waals surface area contributed by atoms with Crippen molar-refractivity contribution in [2.45, 2.75) is 51.0 Å². The largest absolute Gasteiger partial charge is 0.341 e. The molecule has 1 aliphatic heterocycles. The minimum Gasteiger partial charge on any atom is -0.341 e. The first-order valence-corrected chi connectivity index (χ1v) is 6.20. The number of likely N-dealkylation sites (tertiary alicyclic amines) is 1. The summed E-state index contributed by atoms with van der Waals surface area (Å²) >= 11 is 0. The summed E-state index contributed by atoms with van der Waals surface area (Å²) < 4.78 is 0. The molecule has 4 heteroatoms. The van der Waals surface area contributed by atoms with Gasteiger partial charge in [-0.1, -0.05) is 26.2 Å². The first kappa shape index (κ1) is 13.8. The maximum atomic E-state index is 12.3. The van der Waals surface area contributed by atoms with Gasteiger partial charge in [0.1, 0.15) is 0 Å². The summed E-state index contributed by atoms with van der Waals surface area (Å²) in [4.78, 5) is 14.3. The minimum atomic E-state index is -0.525. The Morgan fingerprint density at radius 2 is 1.94 bits per heavy atom. The van der Waals surface area contributed by atoms with Gasteiger partial charge in [-0.2, -0.15) is 0 Å². The first-order valence-electron chi connectivity index (χ1n) is 6.20. The van der Waals surface area contributed by atoms with E-state index in [2.05, 4.69) is 6.92 Å². The Morgan fingerprint density at radius 1 is 1.31 bits per heavy atom. The topological polar surface area (TPSA) is 46.3 Å². The Labute approximate surface area is 104 Å². The standard InChI is InChI=1S/C12H22N2O.ClH/c1-10-5-8-14(9-10)11(15)12(13)6-3-2-4-7-12;/h10H,2-9,13H2,1H3;1H. The molecule has 94 valence electrons. The summed E-state index contributed by atoms with van der Waals surface area (Å²) in [5, 5.41) is 0. The first-order chi connectivity index (χ1) is 7.12. The Morgan fingerprint density at radius 3 is 2.44 bits per heavy atom. The average Bonchev–Trinajstić information content (AvgIpc) is 2.65. The molecule has 0 aromatic heterocycles. The lowest BCUT2D eigenvalue weighted by Crippen LogP contribution is -2.55. The van der Waals surface area contributed by atoms with E-state index in [0.717, 1.165) is 45.2 Å². The van der Waals surface area contributed by atoms with Crippen molar-refractivity contribution in [2.24, 2.45) is 11.7 Å². The number of carbonyl (C=O) groups is 1. The van der Waals surface area contributed by atoms with Gasteiger partial charge in [-0.3, -0.25) is 4.79 Å². The van der Waals surface area contributed by atoms with Gasteiger partial charge < -0.3 is 10.6 Å². The maximum absolute atomic E-state index is 12.3. The smallest absolute Gasteiger partial charge is 0.242 e. The lowest BCUT2D eigenvalue weighted by Gasteiger charge is -2.35. The van der Waals surface area contributed by atoms with Crippen LogP contribution in [0.4, 0.5) is 0 Å². The fourth-order valence-electron chi connectivity index (χ4n) is 2.83. The third-order valence-electron chi connectivity index (χ3n) is 3.88. The molecule has 0 aromatic carbocycles. The number of hydrogen-bond donors (Lipinski definition) is 1. The Hall–Kier alpha value is -0.280. The van der Waals surface area contributed by atoms with E-state index in [0.29, 0.717) is 5.92 Å². The fraction of sp³-hybridized carbons (Fsp3) is 0.917. The minimum absolute atomic E-state index is 0. The van der Waals surface area contributed by atoms with E-state index < -0.39 is 5.54 Å². The fourth-order valence-corrected chi connectivity index (χ4v) is 2.83. The van der Waals surface area contributed by atoms with Crippen molar-refractivity contribution in [1.29, 1.82) is 0 Å². The highest BCUT2D eigenvalue weighted by Gasteiger charge is 2.39. The van der Waals surface area contributed by atoms with Gasteiger partial charge in [0.15, 0.2) is 0 Å². The molecule has 1 aliphatic carbocycles. The van der Waals surface area contributed by atoms with E-state index >= 15 is 0 Å². The molecule has 1 unspecified atom stereocenters. The van der Waals surface area contributed by atoms with Crippen molar-refractivity contribution in [1.82, 2.24) is 4.90 Å². The van der Waals surface area contributed by atoms with Gasteiger partial charge in [0.05, 0.1) is 5.54 Å². The van der Waals surface area contributed by atoms with Gasteiger partial charge in [-0.15, -0.1) is 12.4 Å². The van der Waals surface area contributed by atoms with Gasteiger partial charge in [0, 0.05) is 13.1 Å². The van der Waals surface area contributed by atoms with Crippen LogP contribution >= 0.6 is 12.4 Å². The van der Waals surface area contributed by atoms with Crippen LogP contribution in [0, 0.1) is 5.92 Å². The van der Waals surface area contributed by atoms with Crippen LogP contribution < -0.4 is 5.73 Å². The molecule has 2 aliphatic rings. The van der Waals surface area contributed by atoms with Crippen LogP contribution in [-0.2, 0) is 4.79 Å². The number of nitrogens with zero attached hydrogens (tertiary/aromatic N) is 1. The molecular weight excluding hydrogens is 224 g/mol. The molecule has 1 atom stereocenters. The highest BCUT2D eigenvalue weighted by atomic mass is 35.5. The molecule has 1 amide bonds. The summed E-state index contributed by atoms with van der Waals surface area (Å²) in [7, 11) is 0. The van der Waals surface area contributed by atoms with Crippen molar-refractivity contribution >= 4 is 18.3 Å². The van der Waals surface area contributed by atoms with Crippen molar-refractivity contribution in [3.63, 3.8) is 0 Å². The second-order valence-electron chi connectivity index (χ2n) is 5.36. The Balaban J connectivity index is 0.00000128. The number of carbonyl (C=O) groups excluding carboxylic acids is 1. The average molecular weight is 247 g/mol. The lowest BCUT2D eigenvalue weighted by atomic mass is 9.81. The van der Waals surface area contributed by atoms with Crippen LogP contribution in [0.1, 0.15) is 45.4 Å². The second kappa shape index (κ2) is 5.37. The molecule has 16 heavy (non-hydrogen) atoms. The molecule has 0 spiro atoms. The number of amides is 1. The number of rotatable bonds is 1. The van der Waals surface area contributed by atoms with Crippen molar-refractivity contribution in [3.05, 3.63) is 0 Å². The van der Waals surface area contributed by atoms with E-state index in [9.17, 15) is 4.79 Å². The van der Waals surface area contributed by atoms with E-state index in [1.807, 2.05) is 4.90 Å². The molecule has 1 saturated heterocycles. The molecule has 2 fully saturated rings. The molecule has 2 rings (SSSR count). The monoisotopic (exact) mass is 246 g/mol. The van der Waals surface area contributed by atoms with Crippen LogP contribution in [0.2, 0.25) is 0 Å². The molecule has 0 aromatic rings. The Kier molecular flexibility index (Phi) is 4.62. The van der Waals surface area contributed by atoms with E-state index in [1.54, 1.807) is 0 Å². The summed E-state index contributed by atoms with van der Waals surface area (Å²) in [6, 6.07) is 0. The summed E-state index contributed by atoms with van der Waals surface area (Å²) in [6.45, 7) is 4.04. The van der Waals surface area contributed by atoms with Crippen LogP contribution in [0.25, 0.3) is 0 Å². The predicted molar refractivity (Wildman–Crippen MR) is 67.6 cm³/mol. The number of nitrogens with two attached hydrogens (primary N) is 1. The molecular formula is C12H23ClN2O. The van der Waals surface area contributed by atoms with Crippen molar-refractivity contribution in [2.75, 3.05) is 13.1 Å². The third kappa shape index (κ3) is 2.69. The normalized spacial score (nSPS) is 28.6. The zero-order chi connectivity index (χ0) is 10.9. The van der Waals surface area contributed by atoms with Gasteiger partial charge in [0.2, 0.25) is 5.91 Å². The maximum Gasteiger partial charge on any atom is 0.242 e. The summed E-state index contributed by atoms with van der Waals surface area (Å²) in [6.07, 6.45) is 6.38. The molecule has 2 N–H and O–H groups in total. The lowest BCUT2D eigenvalue weighted by molar-refractivity contribution is -0.137. The molecule has 0 bridgehead atoms. The van der Waals surface area contributed by atoms with E-state index in [-0.39, 0.29) is 18.3 Å². The van der Waals surface area contributed by atoms with Crippen LogP contribution in [-0.4, -0.2) is 29.4 Å². The summed E-state index contributed by atoms with van der Waals surface area (Å²) in [5.41, 5.74) is 5.71. The van der Waals surface area contributed by atoms with Gasteiger partial charge in [0.25, 0.3) is 0 Å². The highest BCUT2D eigenvalue weighted by Crippen LogP contribution is 2.29. The SMILES string of the molecule is CC1CCN(C(=O)C2(N)CCCCC2)C1.Cl. The molecule has 1 heterocycles. The highest BCUT2D eigenvalue weighted by molar-refractivity contribution is 5.86. The van der Waals surface area contributed by atoms with E-state index in [4.69, 9.17) is 5.73 Å². The van der Waals surface area contributed by atoms with E-state index in [1.165, 1.54) is 6.42 Å². The third-order valence-corrected chi connectivity index (χ3v) is 3.88. The Bertz CT molecular complexity index is 251. The molecule has 0 radical (unpaired) electrons.